The van der Waals surface area contributed by atoms with Crippen LogP contribution >= 0.6 is 101 Å². The Hall–Kier alpha value is -8.82. The average molecular weight is 2160 g/mol. The Morgan fingerprint density at radius 1 is 0.414 bits per heavy atom. The van der Waals surface area contributed by atoms with Gasteiger partial charge in [-0.3, -0.25) is 10.0 Å². The summed E-state index contributed by atoms with van der Waals surface area (Å²) in [6, 6.07) is 43.4. The number of thiazole rings is 4. The quantitative estimate of drug-likeness (QED) is 0.00668. The molecule has 0 radical (unpaired) electrons. The van der Waals surface area contributed by atoms with E-state index in [-0.39, 0.29) is 62.0 Å². The zero-order valence-corrected chi connectivity index (χ0v) is 80.0. The number of hydrogen-bond acceptors (Lipinski definition) is 33. The average Bonchev–Trinajstić information content (AvgIpc) is 1.28. The Morgan fingerprint density at radius 2 is 0.664 bits per heavy atom. The second-order valence-electron chi connectivity index (χ2n) is 26.9. The van der Waals surface area contributed by atoms with Crippen LogP contribution in [0.1, 0.15) is 59.5 Å². The minimum atomic E-state index is -3.65. The molecule has 128 heavy (non-hydrogen) atoms. The van der Waals surface area contributed by atoms with Crippen LogP contribution in [0.25, 0.3) is 22.3 Å². The monoisotopic (exact) mass is 2160 g/mol. The molecule has 0 bridgehead atoms. The van der Waals surface area contributed by atoms with E-state index in [0.717, 1.165) is 72.0 Å². The number of piperazine rings is 4. The lowest BCUT2D eigenvalue weighted by molar-refractivity contribution is 0.0522. The number of benzene rings is 7. The van der Waals surface area contributed by atoms with E-state index >= 15 is 0 Å². The van der Waals surface area contributed by atoms with E-state index in [0.29, 0.717) is 126 Å². The van der Waals surface area contributed by atoms with Gasteiger partial charge in [0.2, 0.25) is 30.1 Å². The predicted octanol–water partition coefficient (Wildman–Crippen LogP) is 10.4. The van der Waals surface area contributed by atoms with Gasteiger partial charge < -0.3 is 54.4 Å². The molecule has 33 nitrogen and oxygen atoms in total. The van der Waals surface area contributed by atoms with Crippen LogP contribution in [0.15, 0.2) is 214 Å². The first kappa shape index (κ1) is 103. The molecule has 4 fully saturated rings. The normalized spacial score (nSPS) is 14.4. The van der Waals surface area contributed by atoms with Crippen molar-refractivity contribution in [3.63, 3.8) is 0 Å². The topological polar surface area (TPSA) is 438 Å². The van der Waals surface area contributed by atoms with Crippen molar-refractivity contribution in [3.8, 4) is 22.3 Å². The van der Waals surface area contributed by atoms with Gasteiger partial charge in [0.25, 0.3) is 15.0 Å². The fourth-order valence-electron chi connectivity index (χ4n) is 12.1. The number of anilines is 4. The maximum absolute atomic E-state index is 13.1. The van der Waals surface area contributed by atoms with E-state index in [9.17, 15) is 66.0 Å². The van der Waals surface area contributed by atoms with E-state index in [1.807, 2.05) is 14.7 Å². The largest absolute Gasteiger partial charge is 0.488 e. The Morgan fingerprint density at radius 3 is 0.938 bits per heavy atom. The lowest BCUT2D eigenvalue weighted by atomic mass is 9.80. The summed E-state index contributed by atoms with van der Waals surface area (Å²) in [5.74, 6) is 0.784. The van der Waals surface area contributed by atoms with Crippen molar-refractivity contribution >= 4 is 197 Å². The summed E-state index contributed by atoms with van der Waals surface area (Å²) in [7, 11) is -10.8. The van der Waals surface area contributed by atoms with Gasteiger partial charge in [-0.1, -0.05) is 106 Å². The molecule has 4 aliphatic heterocycles. The van der Waals surface area contributed by atoms with Gasteiger partial charge >= 0.3 is 25.0 Å². The molecule has 684 valence electrons. The highest BCUT2D eigenvalue weighted by Gasteiger charge is 2.34. The summed E-state index contributed by atoms with van der Waals surface area (Å²) in [5, 5.41) is 38.5. The first-order chi connectivity index (χ1) is 61.2. The number of aromatic nitrogens is 4. The van der Waals surface area contributed by atoms with Crippen LogP contribution in [0.4, 0.5) is 33.7 Å². The third-order valence-electron chi connectivity index (χ3n) is 18.7. The maximum atomic E-state index is 13.1. The summed E-state index contributed by atoms with van der Waals surface area (Å²) in [6.45, 7) is 15.0. The molecular formula is C80H87BClF3I2N14O19S8. The second kappa shape index (κ2) is 49.4. The number of amides is 1. The lowest BCUT2D eigenvalue weighted by Gasteiger charge is -2.33. The smallest absolute Gasteiger partial charge is 0.462 e. The van der Waals surface area contributed by atoms with Gasteiger partial charge in [0.1, 0.15) is 37.0 Å². The van der Waals surface area contributed by atoms with E-state index in [1.165, 1.54) is 126 Å². The minimum absolute atomic E-state index is 0.139. The number of nitrogens with two attached hydrogens (primary N) is 1. The van der Waals surface area contributed by atoms with Crippen molar-refractivity contribution in [2.75, 3.05) is 144 Å². The van der Waals surface area contributed by atoms with Crippen LogP contribution in [0, 0.1) is 24.6 Å². The number of carbonyl (C=O) groups excluding carboxylic acids is 4. The first-order valence-electron chi connectivity index (χ1n) is 38.7. The van der Waals surface area contributed by atoms with Gasteiger partial charge in [-0.15, -0.1) is 0 Å². The highest BCUT2D eigenvalue weighted by molar-refractivity contribution is 14.1. The lowest BCUT2D eigenvalue weighted by Crippen LogP contribution is -2.48. The summed E-state index contributed by atoms with van der Waals surface area (Å²) < 4.78 is 159. The number of esters is 3. The molecule has 8 heterocycles. The number of carbonyl (C=O) groups is 4. The molecule has 15 rings (SSSR count). The highest BCUT2D eigenvalue weighted by atomic mass is 127. The Balaban J connectivity index is 0.000000181. The summed E-state index contributed by atoms with van der Waals surface area (Å²) in [4.78, 5) is 74.2. The number of hydrogen-bond donors (Lipinski definition) is 7. The first-order valence-corrected chi connectivity index (χ1v) is 50.8. The number of ether oxygens (including phenoxy) is 3. The number of rotatable bonds is 21. The van der Waals surface area contributed by atoms with Gasteiger partial charge in [0, 0.05) is 123 Å². The Labute approximate surface area is 785 Å². The second-order valence-corrected chi connectivity index (χ2v) is 41.8. The SMILES string of the molecule is CCOC(=O)c1cnc(N2CCN(S(=O)(=O)c3ccc(-c4ccc(F)cc4)cc3)CC2)s1.CCOC(=O)c1cnc(N2CCN(S(=O)(=O)c3ccc(I)cc3)CC2)s1.CCOC(=O)c1cnc(N2CCNCC2)s1.NO.O=C(NO)c1cnc(N2CCN(S(=O)(=O)c3ccc(-c4ccc(F)cc4)cc3)CC2)s1.O=S(=O)(Cl)c1ccc(I)cc1.OB(O)c1ccc(F)cc1. The molecule has 4 saturated heterocycles. The van der Waals surface area contributed by atoms with Crippen LogP contribution in [-0.2, 0) is 53.3 Å². The highest BCUT2D eigenvalue weighted by Crippen LogP contribution is 2.33. The molecule has 0 atom stereocenters. The number of hydroxylamine groups is 1. The number of halogens is 6. The zero-order chi connectivity index (χ0) is 92.9. The van der Waals surface area contributed by atoms with E-state index < -0.39 is 58.1 Å². The molecule has 7 aromatic carbocycles. The molecule has 4 aliphatic rings. The van der Waals surface area contributed by atoms with Gasteiger partial charge in [-0.05, 0) is 203 Å². The molecule has 0 unspecified atom stereocenters. The van der Waals surface area contributed by atoms with Crippen molar-refractivity contribution in [2.45, 2.75) is 40.4 Å². The molecule has 1 amide bonds. The van der Waals surface area contributed by atoms with Crippen molar-refractivity contribution in [1.29, 1.82) is 0 Å². The maximum Gasteiger partial charge on any atom is 0.488 e. The van der Waals surface area contributed by atoms with Crippen molar-refractivity contribution in [2.24, 2.45) is 5.90 Å². The summed E-state index contributed by atoms with van der Waals surface area (Å²) in [5.41, 5.74) is 5.09. The molecule has 0 aliphatic carbocycles. The molecule has 4 aromatic heterocycles. The van der Waals surface area contributed by atoms with Crippen molar-refractivity contribution in [1.82, 2.24) is 43.6 Å². The van der Waals surface area contributed by atoms with Gasteiger partial charge in [-0.25, -0.2) is 92.5 Å². The molecule has 8 N–H and O–H groups in total. The molecule has 0 saturated carbocycles. The fraction of sp³-hybridized carbons (Fsp3) is 0.275. The van der Waals surface area contributed by atoms with Gasteiger partial charge in [0.15, 0.2) is 20.5 Å². The van der Waals surface area contributed by atoms with Crippen LogP contribution in [-0.4, -0.2) is 242 Å². The van der Waals surface area contributed by atoms with E-state index in [2.05, 4.69) is 81.2 Å². The van der Waals surface area contributed by atoms with Crippen LogP contribution in [0.3, 0.4) is 0 Å². The predicted molar refractivity (Wildman–Crippen MR) is 501 cm³/mol. The van der Waals surface area contributed by atoms with Crippen LogP contribution in [0.2, 0.25) is 0 Å². The van der Waals surface area contributed by atoms with Crippen LogP contribution in [0.5, 0.6) is 0 Å². The zero-order valence-electron chi connectivity index (χ0n) is 68.4. The Bertz CT molecular complexity index is 5910. The van der Waals surface area contributed by atoms with Gasteiger partial charge in [0.05, 0.1) is 64.2 Å². The standard InChI is InChI=1S/C22H22FN3O4S2.C20H19FN4O4S2.C16H18IN3O4S2.C10H15N3O2S.C6H6BFO2.C6H4ClIO2S.H3NO/c1-2-30-21(27)20-15-24-22(31-20)25-11-13-26(14-12-25)32(28,29)19-9-5-17(6-10-19)16-3-7-18(23)8-4-16;21-16-5-1-14(2-6-16)15-3-7-17(8-4-15)31(28,29)25-11-9-24(10-12-25)20-22-13-18(30-20)19(26)23-27;1-2-24-15(21)14-11-18-16(25-14)19-7-9-20(10-8-19)26(22,23)13-5-3-12(17)4-6-13;1-2-15-9(14)8-7-12-10(16-8)13-5-3-11-4-6-13;8-6-3-1-5(2-4-6)7(9)10;7-11(9,10)6-3-1-5(8)2-4-6;1-2/h3-10,15H,2,11-14H2,1H3;1-8,13,27H,9-12H2,(H,23,26);3-6,11H,2,7-10H2,1H3;7,11H,2-6H2,1H3;1-4,9-10H;1-4H;2H,1H2. The molecular weight excluding hydrogens is 2070 g/mol. The van der Waals surface area contributed by atoms with Gasteiger partial charge in [-0.2, -0.15) is 12.9 Å². The molecule has 11 aromatic rings. The minimum Gasteiger partial charge on any atom is -0.462 e. The summed E-state index contributed by atoms with van der Waals surface area (Å²) >= 11 is 9.27. The van der Waals surface area contributed by atoms with Crippen molar-refractivity contribution < 1.29 is 101 Å². The van der Waals surface area contributed by atoms with E-state index in [4.69, 9.17) is 45.4 Å². The van der Waals surface area contributed by atoms with Crippen LogP contribution < -0.4 is 41.8 Å². The number of nitrogens with zero attached hydrogens (tertiary/aromatic N) is 11. The number of sulfonamides is 3. The number of nitrogens with one attached hydrogen (secondary N) is 2. The summed E-state index contributed by atoms with van der Waals surface area (Å²) in [6.07, 6.45) is 5.97. The van der Waals surface area contributed by atoms with Crippen molar-refractivity contribution in [3.05, 3.63) is 239 Å². The molecule has 0 spiro atoms. The third kappa shape index (κ3) is 29.3. The Kier molecular flexibility index (Phi) is 39.7. The van der Waals surface area contributed by atoms with E-state index in [1.54, 1.807) is 142 Å². The fourth-order valence-corrected chi connectivity index (χ4v) is 21.3. The molecule has 48 heteroatoms. The third-order valence-corrected chi connectivity index (χ3v) is 31.4.